The summed E-state index contributed by atoms with van der Waals surface area (Å²) < 4.78 is 40.1. The third-order valence-electron chi connectivity index (χ3n) is 4.40. The van der Waals surface area contributed by atoms with Crippen LogP contribution in [0, 0.1) is 5.82 Å². The topological polar surface area (TPSA) is 66.5 Å². The highest BCUT2D eigenvalue weighted by Gasteiger charge is 2.42. The number of sulfonamides is 1. The Morgan fingerprint density at radius 3 is 2.41 bits per heavy atom. The summed E-state index contributed by atoms with van der Waals surface area (Å²) in [6, 6.07) is 4.54. The molecular weight excluding hydrogens is 307 g/mol. The Morgan fingerprint density at radius 1 is 1.14 bits per heavy atom. The van der Waals surface area contributed by atoms with Crippen molar-refractivity contribution >= 4 is 15.9 Å². The molecule has 7 heteroatoms. The molecule has 1 unspecified atom stereocenters. The maximum absolute atomic E-state index is 13.1. The maximum Gasteiger partial charge on any atom is 0.243 e. The Labute approximate surface area is 129 Å². The molecule has 3 rings (SSSR count). The average molecular weight is 326 g/mol. The first-order valence-corrected chi connectivity index (χ1v) is 9.04. The summed E-state index contributed by atoms with van der Waals surface area (Å²) in [4.78, 5) is 12.2. The molecule has 0 radical (unpaired) electrons. The normalized spacial score (nSPS) is 24.4. The summed E-state index contributed by atoms with van der Waals surface area (Å²) in [6.45, 7) is 0.565. The number of carbonyl (C=O) groups is 1. The van der Waals surface area contributed by atoms with Crippen LogP contribution in [0.25, 0.3) is 0 Å². The first-order chi connectivity index (χ1) is 10.5. The number of benzene rings is 1. The summed E-state index contributed by atoms with van der Waals surface area (Å²) in [7, 11) is -3.52. The highest BCUT2D eigenvalue weighted by Crippen LogP contribution is 2.33. The van der Waals surface area contributed by atoms with Gasteiger partial charge in [0.05, 0.1) is 5.25 Å². The highest BCUT2D eigenvalue weighted by atomic mass is 32.2. The van der Waals surface area contributed by atoms with E-state index in [1.165, 1.54) is 28.6 Å². The fraction of sp³-hybridized carbons (Fsp3) is 0.533. The van der Waals surface area contributed by atoms with Crippen molar-refractivity contribution in [2.24, 2.45) is 0 Å². The van der Waals surface area contributed by atoms with E-state index < -0.39 is 27.1 Å². The molecule has 2 fully saturated rings. The second-order valence-corrected chi connectivity index (χ2v) is 7.97. The third-order valence-corrected chi connectivity index (χ3v) is 6.76. The van der Waals surface area contributed by atoms with Gasteiger partial charge in [0.25, 0.3) is 0 Å². The van der Waals surface area contributed by atoms with E-state index in [1.807, 2.05) is 0 Å². The van der Waals surface area contributed by atoms with Crippen molar-refractivity contribution in [3.8, 4) is 0 Å². The quantitative estimate of drug-likeness (QED) is 0.917. The monoisotopic (exact) mass is 326 g/mol. The molecule has 0 spiro atoms. The lowest BCUT2D eigenvalue weighted by molar-refractivity contribution is -0.126. The summed E-state index contributed by atoms with van der Waals surface area (Å²) in [5.74, 6) is -0.760. The number of piperazine rings is 1. The largest absolute Gasteiger partial charge is 0.353 e. The zero-order chi connectivity index (χ0) is 15.7. The number of halogens is 1. The molecule has 1 aliphatic carbocycles. The van der Waals surface area contributed by atoms with E-state index in [2.05, 4.69) is 5.32 Å². The van der Waals surface area contributed by atoms with E-state index in [0.29, 0.717) is 24.9 Å². The van der Waals surface area contributed by atoms with Crippen LogP contribution in [0.4, 0.5) is 4.39 Å². The van der Waals surface area contributed by atoms with Gasteiger partial charge in [-0.3, -0.25) is 4.79 Å². The molecule has 1 aliphatic heterocycles. The number of carbonyl (C=O) groups excluding carboxylic acids is 1. The zero-order valence-corrected chi connectivity index (χ0v) is 13.0. The Hall–Kier alpha value is -1.47. The number of nitrogens with one attached hydrogen (secondary N) is 1. The van der Waals surface area contributed by atoms with Crippen LogP contribution >= 0.6 is 0 Å². The molecule has 2 aliphatic rings. The predicted octanol–water partition coefficient (Wildman–Crippen LogP) is 1.57. The van der Waals surface area contributed by atoms with Crippen molar-refractivity contribution in [3.63, 3.8) is 0 Å². The second kappa shape index (κ2) is 5.96. The van der Waals surface area contributed by atoms with Gasteiger partial charge in [0.15, 0.2) is 0 Å². The lowest BCUT2D eigenvalue weighted by Crippen LogP contribution is -2.53. The second-order valence-electron chi connectivity index (χ2n) is 5.81. The molecular formula is C15H19FN2O3S. The van der Waals surface area contributed by atoms with E-state index in [-0.39, 0.29) is 12.5 Å². The first-order valence-electron chi connectivity index (χ1n) is 7.54. The van der Waals surface area contributed by atoms with Crippen molar-refractivity contribution in [3.05, 3.63) is 35.6 Å². The van der Waals surface area contributed by atoms with Crippen LogP contribution in [0.2, 0.25) is 0 Å². The van der Waals surface area contributed by atoms with Crippen LogP contribution in [0.5, 0.6) is 0 Å². The van der Waals surface area contributed by atoms with Gasteiger partial charge in [-0.1, -0.05) is 25.0 Å². The summed E-state index contributed by atoms with van der Waals surface area (Å²) >= 11 is 0. The fourth-order valence-corrected chi connectivity index (χ4v) is 5.43. The molecule has 22 heavy (non-hydrogen) atoms. The number of hydrogen-bond acceptors (Lipinski definition) is 3. The molecule has 0 bridgehead atoms. The molecule has 120 valence electrons. The van der Waals surface area contributed by atoms with Crippen LogP contribution in [0.15, 0.2) is 24.3 Å². The standard InChI is InChI=1S/C15H19FN2O3S/c16-12-7-5-11(6-8-12)14-15(19)17-9-10-18(14)22(20,21)13-3-1-2-4-13/h5-8,13-14H,1-4,9-10H2,(H,17,19). The molecule has 0 aromatic heterocycles. The maximum atomic E-state index is 13.1. The molecule has 1 saturated carbocycles. The van der Waals surface area contributed by atoms with Crippen LogP contribution < -0.4 is 5.32 Å². The minimum atomic E-state index is -3.52. The molecule has 1 saturated heterocycles. The van der Waals surface area contributed by atoms with E-state index >= 15 is 0 Å². The molecule has 1 amide bonds. The fourth-order valence-electron chi connectivity index (χ4n) is 3.26. The molecule has 1 atom stereocenters. The Kier molecular flexibility index (Phi) is 4.18. The molecule has 1 N–H and O–H groups in total. The molecule has 1 heterocycles. The van der Waals surface area contributed by atoms with E-state index in [9.17, 15) is 17.6 Å². The van der Waals surface area contributed by atoms with Crippen LogP contribution in [0.3, 0.4) is 0 Å². The molecule has 1 aromatic carbocycles. The van der Waals surface area contributed by atoms with Crippen molar-refractivity contribution in [2.45, 2.75) is 37.0 Å². The Morgan fingerprint density at radius 2 is 1.77 bits per heavy atom. The van der Waals surface area contributed by atoms with Gasteiger partial charge in [-0.15, -0.1) is 0 Å². The summed E-state index contributed by atoms with van der Waals surface area (Å²) in [5.41, 5.74) is 0.500. The van der Waals surface area contributed by atoms with Crippen molar-refractivity contribution in [1.29, 1.82) is 0 Å². The summed E-state index contributed by atoms with van der Waals surface area (Å²) in [5, 5.41) is 2.30. The lowest BCUT2D eigenvalue weighted by atomic mass is 10.0. The minimum absolute atomic E-state index is 0.257. The minimum Gasteiger partial charge on any atom is -0.353 e. The van der Waals surface area contributed by atoms with E-state index in [4.69, 9.17) is 0 Å². The van der Waals surface area contributed by atoms with Crippen LogP contribution in [-0.2, 0) is 14.8 Å². The smallest absolute Gasteiger partial charge is 0.243 e. The van der Waals surface area contributed by atoms with Gasteiger partial charge in [-0.05, 0) is 30.5 Å². The number of amides is 1. The first kappa shape index (κ1) is 15.4. The van der Waals surface area contributed by atoms with Gasteiger partial charge in [0.1, 0.15) is 11.9 Å². The van der Waals surface area contributed by atoms with E-state index in [1.54, 1.807) is 0 Å². The molecule has 1 aromatic rings. The van der Waals surface area contributed by atoms with Crippen molar-refractivity contribution in [2.75, 3.05) is 13.1 Å². The van der Waals surface area contributed by atoms with Gasteiger partial charge in [0.2, 0.25) is 15.9 Å². The number of hydrogen-bond donors (Lipinski definition) is 1. The predicted molar refractivity (Wildman–Crippen MR) is 80.0 cm³/mol. The highest BCUT2D eigenvalue weighted by molar-refractivity contribution is 7.89. The van der Waals surface area contributed by atoms with Crippen molar-refractivity contribution in [1.82, 2.24) is 9.62 Å². The lowest BCUT2D eigenvalue weighted by Gasteiger charge is -2.36. The van der Waals surface area contributed by atoms with E-state index in [0.717, 1.165) is 12.8 Å². The zero-order valence-electron chi connectivity index (χ0n) is 12.2. The summed E-state index contributed by atoms with van der Waals surface area (Å²) in [6.07, 6.45) is 3.11. The average Bonchev–Trinajstić information content (AvgIpc) is 3.03. The van der Waals surface area contributed by atoms with Crippen molar-refractivity contribution < 1.29 is 17.6 Å². The van der Waals surface area contributed by atoms with Crippen LogP contribution in [-0.4, -0.2) is 37.0 Å². The van der Waals surface area contributed by atoms with Crippen LogP contribution in [0.1, 0.15) is 37.3 Å². The Bertz CT molecular complexity index is 654. The Balaban J connectivity index is 1.96. The van der Waals surface area contributed by atoms with Gasteiger partial charge in [0, 0.05) is 13.1 Å². The van der Waals surface area contributed by atoms with Gasteiger partial charge >= 0.3 is 0 Å². The SMILES string of the molecule is O=C1NCCN(S(=O)(=O)C2CCCC2)C1c1ccc(F)cc1. The van der Waals surface area contributed by atoms with Gasteiger partial charge in [-0.25, -0.2) is 12.8 Å². The number of nitrogens with zero attached hydrogens (tertiary/aromatic N) is 1. The molecule has 5 nitrogen and oxygen atoms in total. The van der Waals surface area contributed by atoms with Gasteiger partial charge in [-0.2, -0.15) is 4.31 Å². The van der Waals surface area contributed by atoms with Gasteiger partial charge < -0.3 is 5.32 Å². The number of rotatable bonds is 3. The third kappa shape index (κ3) is 2.75.